The van der Waals surface area contributed by atoms with Gasteiger partial charge < -0.3 is 19.4 Å². The van der Waals surface area contributed by atoms with Crippen LogP contribution in [0.4, 0.5) is 24.5 Å². The van der Waals surface area contributed by atoms with Crippen LogP contribution in [0.2, 0.25) is 5.02 Å². The van der Waals surface area contributed by atoms with Crippen molar-refractivity contribution in [3.05, 3.63) is 76.5 Å². The van der Waals surface area contributed by atoms with Crippen molar-refractivity contribution in [2.24, 2.45) is 0 Å². The molecule has 34 heavy (non-hydrogen) atoms. The largest absolute Gasteiger partial charge is 0.457 e. The monoisotopic (exact) mass is 490 g/mol. The Bertz CT molecular complexity index is 1210. The van der Waals surface area contributed by atoms with E-state index in [0.29, 0.717) is 48.5 Å². The fourth-order valence-corrected chi connectivity index (χ4v) is 3.75. The number of hydrogen-bond acceptors (Lipinski definition) is 4. The Kier molecular flexibility index (Phi) is 7.00. The number of aryl methyl sites for hydroxylation is 1. The molecule has 1 fully saturated rings. The summed E-state index contributed by atoms with van der Waals surface area (Å²) in [5, 5.41) is 3.19. The second kappa shape index (κ2) is 9.95. The van der Waals surface area contributed by atoms with Crippen molar-refractivity contribution in [1.29, 1.82) is 0 Å². The van der Waals surface area contributed by atoms with E-state index in [0.717, 1.165) is 23.3 Å². The maximum absolute atomic E-state index is 13.3. The van der Waals surface area contributed by atoms with Crippen LogP contribution in [0.1, 0.15) is 16.9 Å². The first kappa shape index (κ1) is 23.9. The average molecular weight is 491 g/mol. The van der Waals surface area contributed by atoms with E-state index < -0.39 is 17.6 Å². The Morgan fingerprint density at radius 3 is 2.56 bits per heavy atom. The zero-order valence-corrected chi connectivity index (χ0v) is 19.0. The Morgan fingerprint density at radius 1 is 1.09 bits per heavy atom. The molecule has 1 saturated heterocycles. The van der Waals surface area contributed by atoms with Crippen molar-refractivity contribution in [1.82, 2.24) is 0 Å². The SMILES string of the molecule is Cc1ccc(-c2ccc(/C=C/C(=O)Nc3cc(C(F)(F)F)ccc3N3CCOCC3)o2)cc1Cl. The number of morpholine rings is 1. The summed E-state index contributed by atoms with van der Waals surface area (Å²) in [6, 6.07) is 12.3. The average Bonchev–Trinajstić information content (AvgIpc) is 3.29. The van der Waals surface area contributed by atoms with E-state index in [1.54, 1.807) is 18.2 Å². The van der Waals surface area contributed by atoms with Gasteiger partial charge in [0.2, 0.25) is 5.91 Å². The molecular weight excluding hydrogens is 469 g/mol. The smallest absolute Gasteiger partial charge is 0.416 e. The maximum Gasteiger partial charge on any atom is 0.416 e. The van der Waals surface area contributed by atoms with Gasteiger partial charge in [0.05, 0.1) is 30.2 Å². The van der Waals surface area contributed by atoms with Crippen molar-refractivity contribution >= 4 is 35.0 Å². The molecular formula is C25H22ClF3N2O3. The topological polar surface area (TPSA) is 54.7 Å². The lowest BCUT2D eigenvalue weighted by Crippen LogP contribution is -2.36. The van der Waals surface area contributed by atoms with Crippen LogP contribution < -0.4 is 10.2 Å². The zero-order valence-electron chi connectivity index (χ0n) is 18.3. The molecule has 9 heteroatoms. The molecule has 2 heterocycles. The molecule has 0 atom stereocenters. The Hall–Kier alpha value is -3.23. The number of nitrogens with one attached hydrogen (secondary N) is 1. The van der Waals surface area contributed by atoms with Gasteiger partial charge in [-0.05, 0) is 55.0 Å². The van der Waals surface area contributed by atoms with E-state index in [-0.39, 0.29) is 5.69 Å². The van der Waals surface area contributed by atoms with Crippen LogP contribution in [-0.2, 0) is 15.7 Å². The summed E-state index contributed by atoms with van der Waals surface area (Å²) in [5.41, 5.74) is 1.49. The Labute approximate surface area is 199 Å². The number of benzene rings is 2. The van der Waals surface area contributed by atoms with E-state index in [4.69, 9.17) is 20.8 Å². The fraction of sp³-hybridized carbons (Fsp3) is 0.240. The summed E-state index contributed by atoms with van der Waals surface area (Å²) in [5.74, 6) is 0.416. The first-order chi connectivity index (χ1) is 16.2. The van der Waals surface area contributed by atoms with Gasteiger partial charge in [0.1, 0.15) is 11.5 Å². The van der Waals surface area contributed by atoms with Gasteiger partial charge in [0, 0.05) is 29.8 Å². The predicted octanol–water partition coefficient (Wildman–Crippen LogP) is 6.42. The number of carbonyl (C=O) groups is 1. The molecule has 2 aromatic carbocycles. The summed E-state index contributed by atoms with van der Waals surface area (Å²) < 4.78 is 50.8. The van der Waals surface area contributed by atoms with Crippen LogP contribution in [0.5, 0.6) is 0 Å². The highest BCUT2D eigenvalue weighted by atomic mass is 35.5. The van der Waals surface area contributed by atoms with E-state index in [1.165, 1.54) is 18.2 Å². The van der Waals surface area contributed by atoms with E-state index >= 15 is 0 Å². The summed E-state index contributed by atoms with van der Waals surface area (Å²) in [7, 11) is 0. The number of amides is 1. The molecule has 1 aromatic heterocycles. The number of anilines is 2. The normalized spacial score (nSPS) is 14.6. The van der Waals surface area contributed by atoms with Crippen LogP contribution in [0, 0.1) is 6.92 Å². The lowest BCUT2D eigenvalue weighted by Gasteiger charge is -2.30. The molecule has 0 aliphatic carbocycles. The van der Waals surface area contributed by atoms with Crippen LogP contribution in [0.25, 0.3) is 17.4 Å². The maximum atomic E-state index is 13.3. The third-order valence-corrected chi connectivity index (χ3v) is 5.82. The zero-order chi connectivity index (χ0) is 24.3. The summed E-state index contributed by atoms with van der Waals surface area (Å²) in [4.78, 5) is 14.4. The van der Waals surface area contributed by atoms with Gasteiger partial charge in [-0.25, -0.2) is 0 Å². The Balaban J connectivity index is 1.52. The van der Waals surface area contributed by atoms with Crippen LogP contribution in [0.15, 0.2) is 59.0 Å². The highest BCUT2D eigenvalue weighted by Gasteiger charge is 2.31. The van der Waals surface area contributed by atoms with Gasteiger partial charge in [-0.2, -0.15) is 13.2 Å². The highest BCUT2D eigenvalue weighted by Crippen LogP contribution is 2.36. The molecule has 0 radical (unpaired) electrons. The summed E-state index contributed by atoms with van der Waals surface area (Å²) in [6.07, 6.45) is -1.85. The third kappa shape index (κ3) is 5.63. The molecule has 0 saturated carbocycles. The van der Waals surface area contributed by atoms with Gasteiger partial charge >= 0.3 is 6.18 Å². The van der Waals surface area contributed by atoms with E-state index in [9.17, 15) is 18.0 Å². The minimum absolute atomic E-state index is 0.0841. The molecule has 3 aromatic rings. The van der Waals surface area contributed by atoms with Crippen LogP contribution in [-0.4, -0.2) is 32.2 Å². The number of hydrogen-bond donors (Lipinski definition) is 1. The summed E-state index contributed by atoms with van der Waals surface area (Å²) in [6.45, 7) is 3.85. The lowest BCUT2D eigenvalue weighted by atomic mass is 10.1. The first-order valence-electron chi connectivity index (χ1n) is 10.6. The van der Waals surface area contributed by atoms with Crippen LogP contribution in [0.3, 0.4) is 0 Å². The Morgan fingerprint density at radius 2 is 1.85 bits per heavy atom. The number of rotatable bonds is 5. The van der Waals surface area contributed by atoms with Gasteiger partial charge in [-0.3, -0.25) is 4.79 Å². The van der Waals surface area contributed by atoms with Crippen molar-refractivity contribution in [2.45, 2.75) is 13.1 Å². The van der Waals surface area contributed by atoms with Gasteiger partial charge in [-0.1, -0.05) is 23.7 Å². The second-order valence-corrected chi connectivity index (χ2v) is 8.22. The van der Waals surface area contributed by atoms with Crippen molar-refractivity contribution < 1.29 is 27.1 Å². The minimum atomic E-state index is -4.53. The minimum Gasteiger partial charge on any atom is -0.457 e. The number of carbonyl (C=O) groups excluding carboxylic acids is 1. The molecule has 4 rings (SSSR count). The number of nitrogens with zero attached hydrogens (tertiary/aromatic N) is 1. The predicted molar refractivity (Wildman–Crippen MR) is 126 cm³/mol. The second-order valence-electron chi connectivity index (χ2n) is 7.82. The van der Waals surface area contributed by atoms with Crippen molar-refractivity contribution in [3.8, 4) is 11.3 Å². The van der Waals surface area contributed by atoms with Gasteiger partial charge in [-0.15, -0.1) is 0 Å². The molecule has 5 nitrogen and oxygen atoms in total. The number of ether oxygens (including phenoxy) is 1. The molecule has 0 unspecified atom stereocenters. The molecule has 0 spiro atoms. The van der Waals surface area contributed by atoms with Gasteiger partial charge in [0.15, 0.2) is 0 Å². The molecule has 178 valence electrons. The molecule has 0 bridgehead atoms. The molecule has 1 N–H and O–H groups in total. The summed E-state index contributed by atoms with van der Waals surface area (Å²) >= 11 is 6.17. The highest BCUT2D eigenvalue weighted by molar-refractivity contribution is 6.31. The quantitative estimate of drug-likeness (QED) is 0.419. The van der Waals surface area contributed by atoms with E-state index in [2.05, 4.69) is 5.32 Å². The molecule has 1 aliphatic rings. The number of furan rings is 1. The van der Waals surface area contributed by atoms with Crippen molar-refractivity contribution in [3.63, 3.8) is 0 Å². The van der Waals surface area contributed by atoms with Gasteiger partial charge in [0.25, 0.3) is 0 Å². The number of alkyl halides is 3. The lowest BCUT2D eigenvalue weighted by molar-refractivity contribution is -0.137. The van der Waals surface area contributed by atoms with E-state index in [1.807, 2.05) is 24.0 Å². The van der Waals surface area contributed by atoms with Crippen molar-refractivity contribution in [2.75, 3.05) is 36.5 Å². The fourth-order valence-electron chi connectivity index (χ4n) is 3.57. The molecule has 1 amide bonds. The first-order valence-corrected chi connectivity index (χ1v) is 11.0. The molecule has 1 aliphatic heterocycles. The standard InChI is InChI=1S/C25H22ClF3N2O3/c1-16-2-3-17(14-20(16)26)23-8-5-19(34-23)6-9-24(32)30-21-15-18(25(27,28)29)4-7-22(21)31-10-12-33-13-11-31/h2-9,14-15H,10-13H2,1H3,(H,30,32)/b9-6+. The number of halogens is 4. The van der Waals surface area contributed by atoms with Crippen LogP contribution >= 0.6 is 11.6 Å². The third-order valence-electron chi connectivity index (χ3n) is 5.42.